The molecule has 0 N–H and O–H groups in total. The number of carbonyl (C=O) groups excluding carboxylic acids is 2. The number of hydrogen-bond acceptors (Lipinski definition) is 7. The minimum atomic E-state index is -6.20. The number of hydrogen-bond donors (Lipinski definition) is 0. The lowest BCUT2D eigenvalue weighted by Crippen LogP contribution is -2.62. The maximum absolute atomic E-state index is 13.8. The summed E-state index contributed by atoms with van der Waals surface area (Å²) in [5.41, 5.74) is 0. The third-order valence-corrected chi connectivity index (χ3v) is 4.34. The summed E-state index contributed by atoms with van der Waals surface area (Å²) in [4.78, 5) is 24.7. The van der Waals surface area contributed by atoms with Crippen molar-refractivity contribution in [2.24, 2.45) is 0 Å². The van der Waals surface area contributed by atoms with Crippen LogP contribution in [0.25, 0.3) is 0 Å². The van der Waals surface area contributed by atoms with E-state index >= 15 is 0 Å². The van der Waals surface area contributed by atoms with E-state index in [1.807, 2.05) is 0 Å². The highest BCUT2D eigenvalue weighted by Crippen LogP contribution is 2.38. The lowest BCUT2D eigenvalue weighted by atomic mass is 10.2. The van der Waals surface area contributed by atoms with Gasteiger partial charge in [0.1, 0.15) is 0 Å². The van der Waals surface area contributed by atoms with Crippen molar-refractivity contribution in [3.8, 4) is 0 Å². The van der Waals surface area contributed by atoms with Crippen LogP contribution in [0, 0.1) is 0 Å². The predicted molar refractivity (Wildman–Crippen MR) is 87.5 cm³/mol. The summed E-state index contributed by atoms with van der Waals surface area (Å²) < 4.78 is 108. The lowest BCUT2D eigenvalue weighted by molar-refractivity contribution is -0.351. The van der Waals surface area contributed by atoms with Crippen LogP contribution < -0.4 is 0 Å². The zero-order valence-corrected chi connectivity index (χ0v) is 16.4. The SMILES string of the molecule is C=CC(=O)OC(OCCC(F)(F)S(=O)(=O)[O-])(C(=O)N(CCC)CCC)C(F)(F)F. The van der Waals surface area contributed by atoms with E-state index in [1.165, 1.54) is 0 Å². The summed E-state index contributed by atoms with van der Waals surface area (Å²) in [5, 5.41) is -4.97. The summed E-state index contributed by atoms with van der Waals surface area (Å²) in [6.45, 7) is 3.83. The number of carbonyl (C=O) groups is 2. The van der Waals surface area contributed by atoms with Crippen LogP contribution in [-0.2, 0) is 29.2 Å². The highest BCUT2D eigenvalue weighted by Gasteiger charge is 2.67. The number of nitrogens with zero attached hydrogens (tertiary/aromatic N) is 1. The molecule has 1 unspecified atom stereocenters. The van der Waals surface area contributed by atoms with Crippen molar-refractivity contribution in [2.45, 2.75) is 50.3 Å². The second-order valence-electron chi connectivity index (χ2n) is 5.72. The topological polar surface area (TPSA) is 113 Å². The first kappa shape index (κ1) is 27.2. The maximum atomic E-state index is 13.8. The van der Waals surface area contributed by atoms with E-state index < -0.39 is 52.2 Å². The molecule has 1 atom stereocenters. The summed E-state index contributed by atoms with van der Waals surface area (Å²) in [6.07, 6.45) is -7.02. The van der Waals surface area contributed by atoms with Gasteiger partial charge in [0.2, 0.25) is 0 Å². The first-order valence-electron chi connectivity index (χ1n) is 8.28. The summed E-state index contributed by atoms with van der Waals surface area (Å²) >= 11 is 0. The van der Waals surface area contributed by atoms with Crippen LogP contribution in [0.1, 0.15) is 33.1 Å². The Balaban J connectivity index is 6.10. The molecule has 170 valence electrons. The first-order chi connectivity index (χ1) is 13.1. The van der Waals surface area contributed by atoms with Gasteiger partial charge in [-0.1, -0.05) is 20.4 Å². The van der Waals surface area contributed by atoms with E-state index in [-0.39, 0.29) is 32.0 Å². The molecule has 0 heterocycles. The van der Waals surface area contributed by atoms with Gasteiger partial charge in [-0.25, -0.2) is 13.2 Å². The van der Waals surface area contributed by atoms with Gasteiger partial charge in [0.15, 0.2) is 10.1 Å². The Bertz CT molecular complexity index is 690. The number of halogens is 5. The molecule has 0 saturated carbocycles. The molecule has 29 heavy (non-hydrogen) atoms. The van der Waals surface area contributed by atoms with Gasteiger partial charge in [0.05, 0.1) is 6.61 Å². The van der Waals surface area contributed by atoms with E-state index in [1.54, 1.807) is 13.8 Å². The van der Waals surface area contributed by atoms with Crippen LogP contribution in [0.15, 0.2) is 12.7 Å². The number of alkyl halides is 5. The van der Waals surface area contributed by atoms with Crippen molar-refractivity contribution in [3.63, 3.8) is 0 Å². The van der Waals surface area contributed by atoms with Crippen LogP contribution in [0.3, 0.4) is 0 Å². The van der Waals surface area contributed by atoms with Gasteiger partial charge in [0.25, 0.3) is 0 Å². The Morgan fingerprint density at radius 1 is 1.10 bits per heavy atom. The third-order valence-electron chi connectivity index (χ3n) is 3.40. The molecule has 0 bridgehead atoms. The van der Waals surface area contributed by atoms with Crippen molar-refractivity contribution in [1.82, 2.24) is 4.90 Å². The predicted octanol–water partition coefficient (Wildman–Crippen LogP) is 2.17. The molecule has 14 heteroatoms. The molecule has 0 spiro atoms. The number of ether oxygens (including phenoxy) is 2. The standard InChI is InChI=1S/C15H22F5NO7S/c1-4-8-21(9-5-2)12(23)14(15(18,19)20,28-11(22)6-3)27-10-7-13(16,17)29(24,25)26/h6H,3-5,7-10H2,1-2H3,(H,24,25,26)/p-1. The molecule has 0 aliphatic carbocycles. The zero-order valence-electron chi connectivity index (χ0n) is 15.6. The van der Waals surface area contributed by atoms with Crippen molar-refractivity contribution in [3.05, 3.63) is 12.7 Å². The Hall–Kier alpha value is -1.80. The van der Waals surface area contributed by atoms with Gasteiger partial charge in [-0.3, -0.25) is 4.79 Å². The van der Waals surface area contributed by atoms with E-state index in [9.17, 15) is 44.5 Å². The molecular formula is C15H21F5NO7S-. The summed E-state index contributed by atoms with van der Waals surface area (Å²) in [6, 6.07) is 0. The van der Waals surface area contributed by atoms with Crippen molar-refractivity contribution >= 4 is 22.0 Å². The maximum Gasteiger partial charge on any atom is 0.466 e. The number of amides is 1. The van der Waals surface area contributed by atoms with Crippen LogP contribution in [0.4, 0.5) is 22.0 Å². The lowest BCUT2D eigenvalue weighted by Gasteiger charge is -2.37. The fourth-order valence-electron chi connectivity index (χ4n) is 2.08. The summed E-state index contributed by atoms with van der Waals surface area (Å²) in [7, 11) is -6.20. The molecule has 0 aliphatic heterocycles. The van der Waals surface area contributed by atoms with Gasteiger partial charge in [-0.05, 0) is 12.8 Å². The molecular weight excluding hydrogens is 433 g/mol. The van der Waals surface area contributed by atoms with E-state index in [2.05, 4.69) is 16.1 Å². The molecule has 0 saturated heterocycles. The van der Waals surface area contributed by atoms with E-state index in [4.69, 9.17) is 0 Å². The highest BCUT2D eigenvalue weighted by molar-refractivity contribution is 7.86. The second-order valence-corrected chi connectivity index (χ2v) is 7.23. The average Bonchev–Trinajstić information content (AvgIpc) is 2.57. The van der Waals surface area contributed by atoms with Gasteiger partial charge >= 0.3 is 29.1 Å². The van der Waals surface area contributed by atoms with E-state index in [0.717, 1.165) is 0 Å². The molecule has 0 fully saturated rings. The first-order valence-corrected chi connectivity index (χ1v) is 9.69. The Kier molecular flexibility index (Phi) is 9.66. The smallest absolute Gasteiger partial charge is 0.466 e. The summed E-state index contributed by atoms with van der Waals surface area (Å²) in [5.74, 6) is -7.96. The average molecular weight is 454 g/mol. The van der Waals surface area contributed by atoms with Gasteiger partial charge in [0, 0.05) is 25.6 Å². The number of rotatable bonds is 12. The minimum Gasteiger partial charge on any atom is -0.743 e. The largest absolute Gasteiger partial charge is 0.743 e. The van der Waals surface area contributed by atoms with Crippen LogP contribution in [-0.4, -0.2) is 66.7 Å². The molecule has 0 aromatic heterocycles. The number of esters is 1. The molecule has 0 aliphatic rings. The molecule has 0 aromatic carbocycles. The van der Waals surface area contributed by atoms with Crippen LogP contribution in [0.5, 0.6) is 0 Å². The monoisotopic (exact) mass is 454 g/mol. The zero-order chi connectivity index (χ0) is 23.1. The fraction of sp³-hybridized carbons (Fsp3) is 0.733. The van der Waals surface area contributed by atoms with Crippen molar-refractivity contribution in [2.75, 3.05) is 19.7 Å². The van der Waals surface area contributed by atoms with Crippen LogP contribution >= 0.6 is 0 Å². The van der Waals surface area contributed by atoms with Gasteiger partial charge < -0.3 is 18.9 Å². The van der Waals surface area contributed by atoms with Gasteiger partial charge in [-0.15, -0.1) is 0 Å². The molecule has 8 nitrogen and oxygen atoms in total. The van der Waals surface area contributed by atoms with Crippen LogP contribution in [0.2, 0.25) is 0 Å². The Morgan fingerprint density at radius 3 is 1.93 bits per heavy atom. The molecule has 0 aromatic rings. The highest BCUT2D eigenvalue weighted by atomic mass is 32.2. The second kappa shape index (κ2) is 10.3. The minimum absolute atomic E-state index is 0.204. The Labute approximate surface area is 164 Å². The Morgan fingerprint density at radius 2 is 1.59 bits per heavy atom. The molecule has 0 radical (unpaired) electrons. The fourth-order valence-corrected chi connectivity index (χ4v) is 2.41. The van der Waals surface area contributed by atoms with Crippen molar-refractivity contribution < 1.29 is 54.0 Å². The molecule has 1 amide bonds. The third kappa shape index (κ3) is 6.89. The molecule has 0 rings (SSSR count). The van der Waals surface area contributed by atoms with Crippen molar-refractivity contribution in [1.29, 1.82) is 0 Å². The van der Waals surface area contributed by atoms with Gasteiger partial charge in [-0.2, -0.15) is 22.0 Å². The van der Waals surface area contributed by atoms with E-state index in [0.29, 0.717) is 4.90 Å². The normalized spacial score (nSPS) is 14.8. The quantitative estimate of drug-likeness (QED) is 0.146.